The molecular formula is C32H40F3N7O6S. The lowest BCUT2D eigenvalue weighted by Gasteiger charge is -2.54. The lowest BCUT2D eigenvalue weighted by Crippen LogP contribution is -2.58. The van der Waals surface area contributed by atoms with Gasteiger partial charge in [0.05, 0.1) is 29.3 Å². The predicted octanol–water partition coefficient (Wildman–Crippen LogP) is 6.41. The van der Waals surface area contributed by atoms with Gasteiger partial charge in [-0.25, -0.2) is 9.59 Å². The molecule has 5 rings (SSSR count). The second kappa shape index (κ2) is 12.0. The van der Waals surface area contributed by atoms with E-state index >= 15 is 0 Å². The normalized spacial score (nSPS) is 20.5. The second-order valence-electron chi connectivity index (χ2n) is 14.6. The van der Waals surface area contributed by atoms with Gasteiger partial charge in [0.15, 0.2) is 5.84 Å². The molecule has 0 aromatic carbocycles. The van der Waals surface area contributed by atoms with E-state index in [1.54, 1.807) is 13.1 Å². The van der Waals surface area contributed by atoms with Crippen molar-refractivity contribution in [3.8, 4) is 5.75 Å². The van der Waals surface area contributed by atoms with Crippen LogP contribution in [0.1, 0.15) is 77.6 Å². The summed E-state index contributed by atoms with van der Waals surface area (Å²) in [7, 11) is 1.51. The van der Waals surface area contributed by atoms with E-state index in [1.165, 1.54) is 12.2 Å². The lowest BCUT2D eigenvalue weighted by atomic mass is 9.60. The number of imide groups is 1. The Bertz CT molecular complexity index is 1710. The monoisotopic (exact) mass is 707 g/mol. The van der Waals surface area contributed by atoms with Crippen molar-refractivity contribution in [1.82, 2.24) is 19.9 Å². The fraction of sp³-hybridized carbons (Fsp3) is 0.594. The zero-order valence-electron chi connectivity index (χ0n) is 28.8. The van der Waals surface area contributed by atoms with E-state index in [2.05, 4.69) is 14.5 Å². The van der Waals surface area contributed by atoms with Crippen LogP contribution in [0.3, 0.4) is 0 Å². The zero-order valence-corrected chi connectivity index (χ0v) is 29.6. The summed E-state index contributed by atoms with van der Waals surface area (Å²) < 4.78 is 51.8. The van der Waals surface area contributed by atoms with Gasteiger partial charge in [-0.3, -0.25) is 9.78 Å². The summed E-state index contributed by atoms with van der Waals surface area (Å²) in [5, 5.41) is 30.8. The van der Waals surface area contributed by atoms with Crippen LogP contribution in [0.2, 0.25) is 0 Å². The molecule has 1 aromatic heterocycles. The molecule has 1 aromatic rings. The average molecular weight is 708 g/mol. The van der Waals surface area contributed by atoms with Crippen LogP contribution in [0, 0.1) is 24.7 Å². The Morgan fingerprint density at radius 1 is 1.04 bits per heavy atom. The summed E-state index contributed by atoms with van der Waals surface area (Å²) >= 11 is 0.888. The molecule has 0 spiro atoms. The third-order valence-electron chi connectivity index (χ3n) is 9.33. The van der Waals surface area contributed by atoms with Crippen molar-refractivity contribution >= 4 is 47.3 Å². The number of hydrazone groups is 2. The van der Waals surface area contributed by atoms with E-state index in [1.807, 2.05) is 48.5 Å². The minimum absolute atomic E-state index is 0.0459. The molecule has 1 saturated carbocycles. The number of aryl methyl sites for hydroxylation is 1. The number of alkyl halides is 3. The molecule has 3 amide bonds. The van der Waals surface area contributed by atoms with Crippen LogP contribution >= 0.6 is 11.9 Å². The van der Waals surface area contributed by atoms with Gasteiger partial charge in [0.1, 0.15) is 18.0 Å². The molecule has 2 aliphatic carbocycles. The molecule has 0 radical (unpaired) electrons. The van der Waals surface area contributed by atoms with Gasteiger partial charge in [-0.15, -0.1) is 0 Å². The van der Waals surface area contributed by atoms with Crippen molar-refractivity contribution < 1.29 is 42.5 Å². The van der Waals surface area contributed by atoms with E-state index in [0.29, 0.717) is 35.4 Å². The van der Waals surface area contributed by atoms with Crippen LogP contribution in [-0.4, -0.2) is 95.6 Å². The maximum absolute atomic E-state index is 14.3. The third-order valence-corrected chi connectivity index (χ3v) is 11.3. The number of ether oxygens (including phenoxy) is 1. The van der Waals surface area contributed by atoms with Gasteiger partial charge in [0.2, 0.25) is 0 Å². The number of carbonyl (C=O) groups excluding carboxylic acids is 1. The first-order valence-electron chi connectivity index (χ1n) is 15.7. The summed E-state index contributed by atoms with van der Waals surface area (Å²) in [6.45, 7) is 14.8. The maximum atomic E-state index is 14.3. The summed E-state index contributed by atoms with van der Waals surface area (Å²) in [5.74, 6) is -1.95. The maximum Gasteiger partial charge on any atom is 0.471 e. The fourth-order valence-corrected chi connectivity index (χ4v) is 8.79. The predicted molar refractivity (Wildman–Crippen MR) is 177 cm³/mol. The summed E-state index contributed by atoms with van der Waals surface area (Å²) in [6.07, 6.45) is -6.68. The Labute approximate surface area is 286 Å². The first kappa shape index (κ1) is 36.1. The highest BCUT2D eigenvalue weighted by Crippen LogP contribution is 2.63. The third kappa shape index (κ3) is 5.93. The quantitative estimate of drug-likeness (QED) is 0.330. The van der Waals surface area contributed by atoms with Gasteiger partial charge in [-0.05, 0) is 55.0 Å². The Hall–Kier alpha value is -4.15. The molecule has 49 heavy (non-hydrogen) atoms. The van der Waals surface area contributed by atoms with Crippen LogP contribution < -0.4 is 4.74 Å². The number of amidine groups is 1. The Morgan fingerprint density at radius 2 is 1.63 bits per heavy atom. The molecule has 0 saturated heterocycles. The summed E-state index contributed by atoms with van der Waals surface area (Å²) in [6, 6.07) is -1.85. The minimum atomic E-state index is -5.17. The Kier molecular flexibility index (Phi) is 8.86. The fourth-order valence-electron chi connectivity index (χ4n) is 7.51. The number of methoxy groups -OCH3 is 1. The molecule has 2 aliphatic heterocycles. The molecule has 3 heterocycles. The summed E-state index contributed by atoms with van der Waals surface area (Å²) in [4.78, 5) is 43.7. The van der Waals surface area contributed by atoms with Gasteiger partial charge in [-0.1, -0.05) is 41.5 Å². The van der Waals surface area contributed by atoms with Crippen molar-refractivity contribution in [3.63, 3.8) is 0 Å². The molecular weight excluding hydrogens is 667 g/mol. The van der Waals surface area contributed by atoms with Gasteiger partial charge < -0.3 is 19.8 Å². The van der Waals surface area contributed by atoms with E-state index in [-0.39, 0.29) is 34.9 Å². The van der Waals surface area contributed by atoms with Gasteiger partial charge in [0, 0.05) is 35.4 Å². The minimum Gasteiger partial charge on any atom is -0.496 e. The van der Waals surface area contributed by atoms with E-state index in [9.17, 15) is 37.8 Å². The highest BCUT2D eigenvalue weighted by atomic mass is 32.2. The molecule has 0 unspecified atom stereocenters. The number of carboxylic acid groups (broad SMARTS) is 2. The molecule has 13 nitrogen and oxygen atoms in total. The van der Waals surface area contributed by atoms with Crippen LogP contribution in [0.4, 0.5) is 22.8 Å². The van der Waals surface area contributed by atoms with Crippen LogP contribution in [-0.2, 0) is 11.3 Å². The largest absolute Gasteiger partial charge is 0.496 e. The smallest absolute Gasteiger partial charge is 0.471 e. The highest BCUT2D eigenvalue weighted by Gasteiger charge is 2.64. The first-order chi connectivity index (χ1) is 22.6. The van der Waals surface area contributed by atoms with Crippen molar-refractivity contribution in [1.29, 1.82) is 0 Å². The number of halogens is 3. The average Bonchev–Trinajstić information content (AvgIpc) is 3.74. The molecule has 17 heteroatoms. The number of hydrogen-bond donors (Lipinski definition) is 2. The van der Waals surface area contributed by atoms with E-state index < -0.39 is 57.8 Å². The van der Waals surface area contributed by atoms with E-state index in [4.69, 9.17) is 9.84 Å². The number of carbonyl (C=O) groups is 3. The van der Waals surface area contributed by atoms with Gasteiger partial charge in [-0.2, -0.15) is 37.8 Å². The molecule has 0 bridgehead atoms. The Balaban J connectivity index is 1.85. The number of nitrogens with zero attached hydrogens (tertiary/aromatic N) is 7. The number of aromatic nitrogens is 1. The van der Waals surface area contributed by atoms with E-state index in [0.717, 1.165) is 22.4 Å². The number of amides is 3. The number of pyridine rings is 1. The zero-order chi connectivity index (χ0) is 36.6. The van der Waals surface area contributed by atoms with Gasteiger partial charge >= 0.3 is 24.3 Å². The molecule has 1 atom stereocenters. The van der Waals surface area contributed by atoms with Crippen LogP contribution in [0.15, 0.2) is 31.9 Å². The topological polar surface area (TPSA) is 161 Å². The Morgan fingerprint density at radius 3 is 2.12 bits per heavy atom. The molecule has 2 N–H and O–H groups in total. The first-order valence-corrected chi connectivity index (χ1v) is 16.4. The summed E-state index contributed by atoms with van der Waals surface area (Å²) in [5.41, 5.74) is 0.923. The van der Waals surface area contributed by atoms with Crippen molar-refractivity contribution in [3.05, 3.63) is 34.2 Å². The SMILES string of the molecule is COc1c(C)cnc(CN2N=C3C[C@@H](N(C(=O)C(F)(F)F)C4CC4)C4=C3C(=N2)C(N(C(=O)O)C(=O)O)=NSC4(C(C)(C)C)C(C)(C)C)c1C. The molecule has 266 valence electrons. The van der Waals surface area contributed by atoms with Crippen molar-refractivity contribution in [2.24, 2.45) is 25.4 Å². The standard InChI is InChI=1S/C32H40F3N7O6S/c1-15-13-36-19(16(2)24(15)48-9)14-40-37-18-12-20(41(17-10-11-17)26(43)32(33,34)35)22-21(18)23(38-40)25(42(27(44)45)28(46)47)39-49-31(22,29(3,4)5)30(6,7)8/h13,17,20H,10-12,14H2,1-9H3,(H,44,45)(H,46,47)/t20-/m1/s1. The van der Waals surface area contributed by atoms with Crippen LogP contribution in [0.25, 0.3) is 0 Å². The van der Waals surface area contributed by atoms with Crippen molar-refractivity contribution in [2.45, 2.75) is 104 Å². The van der Waals surface area contributed by atoms with Crippen molar-refractivity contribution in [2.75, 3.05) is 7.11 Å². The molecule has 1 fully saturated rings. The van der Waals surface area contributed by atoms with Crippen LogP contribution in [0.5, 0.6) is 5.75 Å². The molecule has 4 aliphatic rings. The van der Waals surface area contributed by atoms with Gasteiger partial charge in [0.25, 0.3) is 0 Å². The lowest BCUT2D eigenvalue weighted by molar-refractivity contribution is -0.187. The highest BCUT2D eigenvalue weighted by molar-refractivity contribution is 8.00. The second-order valence-corrected chi connectivity index (χ2v) is 15.6. The number of rotatable bonds is 5. The number of hydrogen-bond acceptors (Lipinski definition) is 10.